The molecule has 1 heterocycles. The van der Waals surface area contributed by atoms with Crippen LogP contribution in [0.4, 0.5) is 10.2 Å². The molecule has 0 aliphatic rings. The van der Waals surface area contributed by atoms with Crippen LogP contribution >= 0.6 is 0 Å². The summed E-state index contributed by atoms with van der Waals surface area (Å²) in [5.41, 5.74) is 3.78. The fourth-order valence-electron chi connectivity index (χ4n) is 3.15. The van der Waals surface area contributed by atoms with Gasteiger partial charge < -0.3 is 10.1 Å². The number of benzene rings is 3. The molecule has 0 saturated carbocycles. The molecule has 4 aromatic rings. The summed E-state index contributed by atoms with van der Waals surface area (Å²) in [5.74, 6) is 0.556. The molecule has 0 radical (unpaired) electrons. The third-order valence-corrected chi connectivity index (χ3v) is 4.74. The highest BCUT2D eigenvalue weighted by Gasteiger charge is 2.09. The standard InChI is InChI=1S/C25H22FN3O2/c1-18-3-2-4-20(15-18)16-29-14-13-24(28-29)27-25(30)21-7-5-19(6-8-21)17-31-23-11-9-22(26)10-12-23/h2-15H,16-17H2,1H3,(H,27,28,30). The summed E-state index contributed by atoms with van der Waals surface area (Å²) in [6, 6.07) is 23.0. The average Bonchev–Trinajstić information content (AvgIpc) is 3.20. The summed E-state index contributed by atoms with van der Waals surface area (Å²) in [5, 5.41) is 7.25. The lowest BCUT2D eigenvalue weighted by Gasteiger charge is -2.07. The molecule has 0 bridgehead atoms. The van der Waals surface area contributed by atoms with Crippen molar-refractivity contribution in [2.24, 2.45) is 0 Å². The molecule has 0 aliphatic carbocycles. The fraction of sp³-hybridized carbons (Fsp3) is 0.120. The summed E-state index contributed by atoms with van der Waals surface area (Å²) in [7, 11) is 0. The van der Waals surface area contributed by atoms with Crippen LogP contribution < -0.4 is 10.1 Å². The zero-order valence-electron chi connectivity index (χ0n) is 17.1. The van der Waals surface area contributed by atoms with E-state index < -0.39 is 0 Å². The van der Waals surface area contributed by atoms with Gasteiger partial charge in [-0.05, 0) is 54.4 Å². The van der Waals surface area contributed by atoms with Crippen LogP contribution in [-0.2, 0) is 13.2 Å². The van der Waals surface area contributed by atoms with Gasteiger partial charge in [0.2, 0.25) is 0 Å². The minimum atomic E-state index is -0.303. The number of aryl methyl sites for hydroxylation is 1. The Bertz CT molecular complexity index is 1170. The molecule has 0 unspecified atom stereocenters. The summed E-state index contributed by atoms with van der Waals surface area (Å²) >= 11 is 0. The SMILES string of the molecule is Cc1cccc(Cn2ccc(NC(=O)c3ccc(COc4ccc(F)cc4)cc3)n2)c1. The predicted octanol–water partition coefficient (Wildman–Crippen LogP) is 5.21. The van der Waals surface area contributed by atoms with Gasteiger partial charge in [0.25, 0.3) is 5.91 Å². The topological polar surface area (TPSA) is 56.2 Å². The van der Waals surface area contributed by atoms with Crippen LogP contribution in [0.1, 0.15) is 27.0 Å². The predicted molar refractivity (Wildman–Crippen MR) is 118 cm³/mol. The molecule has 0 saturated heterocycles. The Morgan fingerprint density at radius 3 is 2.52 bits per heavy atom. The second-order valence-corrected chi connectivity index (χ2v) is 7.28. The van der Waals surface area contributed by atoms with Crippen molar-refractivity contribution in [3.8, 4) is 5.75 Å². The number of ether oxygens (including phenoxy) is 1. The Hall–Kier alpha value is -3.93. The number of aromatic nitrogens is 2. The fourth-order valence-corrected chi connectivity index (χ4v) is 3.15. The molecule has 0 aliphatic heterocycles. The van der Waals surface area contributed by atoms with E-state index in [4.69, 9.17) is 4.74 Å². The molecule has 31 heavy (non-hydrogen) atoms. The van der Waals surface area contributed by atoms with Crippen molar-refractivity contribution in [2.75, 3.05) is 5.32 Å². The van der Waals surface area contributed by atoms with Gasteiger partial charge in [-0.3, -0.25) is 9.48 Å². The molecule has 6 heteroatoms. The van der Waals surface area contributed by atoms with E-state index in [9.17, 15) is 9.18 Å². The maximum Gasteiger partial charge on any atom is 0.256 e. The third-order valence-electron chi connectivity index (χ3n) is 4.74. The van der Waals surface area contributed by atoms with Crippen LogP contribution in [-0.4, -0.2) is 15.7 Å². The Kier molecular flexibility index (Phi) is 6.08. The van der Waals surface area contributed by atoms with Gasteiger partial charge >= 0.3 is 0 Å². The van der Waals surface area contributed by atoms with Gasteiger partial charge in [-0.15, -0.1) is 0 Å². The normalized spacial score (nSPS) is 10.6. The van der Waals surface area contributed by atoms with Crippen molar-refractivity contribution in [1.82, 2.24) is 9.78 Å². The molecule has 4 rings (SSSR count). The maximum atomic E-state index is 12.9. The van der Waals surface area contributed by atoms with Gasteiger partial charge in [-0.25, -0.2) is 4.39 Å². The molecule has 1 aromatic heterocycles. The lowest BCUT2D eigenvalue weighted by atomic mass is 10.1. The number of anilines is 1. The Morgan fingerprint density at radius 1 is 1.00 bits per heavy atom. The number of nitrogens with zero attached hydrogens (tertiary/aromatic N) is 2. The van der Waals surface area contributed by atoms with Crippen molar-refractivity contribution in [3.63, 3.8) is 0 Å². The maximum absolute atomic E-state index is 12.9. The first-order valence-electron chi connectivity index (χ1n) is 9.93. The second-order valence-electron chi connectivity index (χ2n) is 7.28. The van der Waals surface area contributed by atoms with Crippen LogP contribution in [0.15, 0.2) is 85.1 Å². The first kappa shape index (κ1) is 20.3. The first-order chi connectivity index (χ1) is 15.0. The van der Waals surface area contributed by atoms with Crippen molar-refractivity contribution < 1.29 is 13.9 Å². The molecule has 0 spiro atoms. The van der Waals surface area contributed by atoms with E-state index in [2.05, 4.69) is 29.5 Å². The van der Waals surface area contributed by atoms with Crippen molar-refractivity contribution in [2.45, 2.75) is 20.1 Å². The molecule has 0 fully saturated rings. The van der Waals surface area contributed by atoms with Gasteiger partial charge in [0, 0.05) is 17.8 Å². The van der Waals surface area contributed by atoms with Crippen molar-refractivity contribution in [1.29, 1.82) is 0 Å². The second kappa shape index (κ2) is 9.26. The van der Waals surface area contributed by atoms with Crippen molar-refractivity contribution >= 4 is 11.7 Å². The Labute approximate surface area is 180 Å². The number of amides is 1. The molecular weight excluding hydrogens is 393 g/mol. The summed E-state index contributed by atoms with van der Waals surface area (Å²) in [4.78, 5) is 12.5. The first-order valence-corrected chi connectivity index (χ1v) is 9.93. The van der Waals surface area contributed by atoms with Gasteiger partial charge in [0.05, 0.1) is 6.54 Å². The summed E-state index contributed by atoms with van der Waals surface area (Å²) < 4.78 is 20.4. The van der Waals surface area contributed by atoms with Gasteiger partial charge in [-0.2, -0.15) is 5.10 Å². The minimum absolute atomic E-state index is 0.230. The lowest BCUT2D eigenvalue weighted by molar-refractivity contribution is 0.102. The highest BCUT2D eigenvalue weighted by atomic mass is 19.1. The van der Waals surface area contributed by atoms with Crippen LogP contribution in [0.5, 0.6) is 5.75 Å². The summed E-state index contributed by atoms with van der Waals surface area (Å²) in [6.45, 7) is 3.02. The number of hydrogen-bond acceptors (Lipinski definition) is 3. The zero-order valence-corrected chi connectivity index (χ0v) is 17.1. The number of nitrogens with one attached hydrogen (secondary N) is 1. The Balaban J connectivity index is 1.32. The minimum Gasteiger partial charge on any atom is -0.489 e. The van der Waals surface area contributed by atoms with E-state index >= 15 is 0 Å². The Morgan fingerprint density at radius 2 is 1.77 bits per heavy atom. The van der Waals surface area contributed by atoms with Crippen LogP contribution in [0.3, 0.4) is 0 Å². The molecule has 5 nitrogen and oxygen atoms in total. The lowest BCUT2D eigenvalue weighted by Crippen LogP contribution is -2.13. The molecular formula is C25H22FN3O2. The number of hydrogen-bond donors (Lipinski definition) is 1. The number of rotatable bonds is 7. The van der Waals surface area contributed by atoms with Crippen LogP contribution in [0.25, 0.3) is 0 Å². The average molecular weight is 415 g/mol. The van der Waals surface area contributed by atoms with Gasteiger partial charge in [0.15, 0.2) is 5.82 Å². The van der Waals surface area contributed by atoms with Crippen molar-refractivity contribution in [3.05, 3.63) is 113 Å². The third kappa shape index (κ3) is 5.57. The number of halogens is 1. The van der Waals surface area contributed by atoms with E-state index in [-0.39, 0.29) is 11.7 Å². The highest BCUT2D eigenvalue weighted by molar-refractivity contribution is 6.03. The molecule has 1 N–H and O–H groups in total. The van der Waals surface area contributed by atoms with Gasteiger partial charge in [-0.1, -0.05) is 42.0 Å². The zero-order chi connectivity index (χ0) is 21.6. The largest absolute Gasteiger partial charge is 0.489 e. The van der Waals surface area contributed by atoms with E-state index in [1.54, 1.807) is 35.0 Å². The molecule has 156 valence electrons. The smallest absolute Gasteiger partial charge is 0.256 e. The van der Waals surface area contributed by atoms with E-state index in [1.807, 2.05) is 30.5 Å². The van der Waals surface area contributed by atoms with Gasteiger partial charge in [0.1, 0.15) is 18.2 Å². The van der Waals surface area contributed by atoms with Crippen LogP contribution in [0, 0.1) is 12.7 Å². The monoisotopic (exact) mass is 415 g/mol. The molecule has 3 aromatic carbocycles. The van der Waals surface area contributed by atoms with E-state index in [0.29, 0.717) is 30.3 Å². The van der Waals surface area contributed by atoms with E-state index in [1.165, 1.54) is 17.7 Å². The summed E-state index contributed by atoms with van der Waals surface area (Å²) in [6.07, 6.45) is 1.84. The van der Waals surface area contributed by atoms with Crippen LogP contribution in [0.2, 0.25) is 0 Å². The molecule has 0 atom stereocenters. The van der Waals surface area contributed by atoms with E-state index in [0.717, 1.165) is 11.1 Å². The number of carbonyl (C=O) groups is 1. The number of carbonyl (C=O) groups excluding carboxylic acids is 1. The quantitative estimate of drug-likeness (QED) is 0.451. The highest BCUT2D eigenvalue weighted by Crippen LogP contribution is 2.15. The molecule has 1 amide bonds.